The van der Waals surface area contributed by atoms with Gasteiger partial charge in [-0.05, 0) is 42.9 Å². The molecule has 1 aliphatic rings. The van der Waals surface area contributed by atoms with Crippen LogP contribution in [0.25, 0.3) is 0 Å². The Bertz CT molecular complexity index is 1030. The molecule has 0 atom stereocenters. The molecule has 0 saturated heterocycles. The van der Waals surface area contributed by atoms with Crippen LogP contribution in [0, 0.1) is 12.8 Å². The number of aromatic nitrogens is 2. The number of hydrogen-bond donors (Lipinski definition) is 2. The van der Waals surface area contributed by atoms with E-state index in [0.717, 1.165) is 42.2 Å². The number of imidazole rings is 1. The Kier molecular flexibility index (Phi) is 8.96. The monoisotopic (exact) mass is 545 g/mol. The Labute approximate surface area is 207 Å². The van der Waals surface area contributed by atoms with Crippen molar-refractivity contribution in [3.05, 3.63) is 83.4 Å². The Morgan fingerprint density at radius 2 is 1.88 bits per heavy atom. The number of guanidine groups is 1. The lowest BCUT2D eigenvalue weighted by Gasteiger charge is -2.15. The number of ether oxygens (including phenoxy) is 1. The molecule has 0 bridgehead atoms. The van der Waals surface area contributed by atoms with Crippen LogP contribution in [0.2, 0.25) is 0 Å². The van der Waals surface area contributed by atoms with Crippen molar-refractivity contribution in [1.82, 2.24) is 20.2 Å². The lowest BCUT2D eigenvalue weighted by molar-refractivity contribution is 0.296. The molecular formula is C25H32IN5O. The summed E-state index contributed by atoms with van der Waals surface area (Å²) in [5, 5.41) is 6.82. The van der Waals surface area contributed by atoms with Crippen molar-refractivity contribution in [3.63, 3.8) is 0 Å². The highest BCUT2D eigenvalue weighted by Crippen LogP contribution is 2.30. The van der Waals surface area contributed by atoms with E-state index in [2.05, 4.69) is 55.5 Å². The molecule has 0 unspecified atom stereocenters. The molecule has 1 saturated carbocycles. The zero-order valence-corrected chi connectivity index (χ0v) is 21.1. The van der Waals surface area contributed by atoms with Gasteiger partial charge in [-0.25, -0.2) is 4.98 Å². The van der Waals surface area contributed by atoms with Gasteiger partial charge in [0.05, 0.1) is 6.61 Å². The molecule has 4 rings (SSSR count). The number of halogens is 1. The Balaban J connectivity index is 0.00000289. The minimum atomic E-state index is 0. The van der Waals surface area contributed by atoms with Gasteiger partial charge in [-0.1, -0.05) is 42.5 Å². The minimum absolute atomic E-state index is 0. The quantitative estimate of drug-likeness (QED) is 0.236. The maximum absolute atomic E-state index is 6.01. The molecule has 3 aromatic rings. The molecule has 0 amide bonds. The van der Waals surface area contributed by atoms with Crippen molar-refractivity contribution in [1.29, 1.82) is 0 Å². The highest BCUT2D eigenvalue weighted by atomic mass is 127. The van der Waals surface area contributed by atoms with E-state index < -0.39 is 0 Å². The molecule has 1 aliphatic carbocycles. The van der Waals surface area contributed by atoms with Gasteiger partial charge in [0.2, 0.25) is 0 Å². The average Bonchev–Trinajstić information content (AvgIpc) is 3.54. The third-order valence-corrected chi connectivity index (χ3v) is 5.54. The summed E-state index contributed by atoms with van der Waals surface area (Å²) in [5.41, 5.74) is 3.61. The fourth-order valence-corrected chi connectivity index (χ4v) is 3.47. The second-order valence-corrected chi connectivity index (χ2v) is 8.06. The fraction of sp³-hybridized carbons (Fsp3) is 0.360. The van der Waals surface area contributed by atoms with E-state index >= 15 is 0 Å². The number of aryl methyl sites for hydroxylation is 1. The van der Waals surface area contributed by atoms with E-state index in [1.807, 2.05) is 37.5 Å². The predicted molar refractivity (Wildman–Crippen MR) is 140 cm³/mol. The first kappa shape index (κ1) is 24.1. The molecule has 170 valence electrons. The van der Waals surface area contributed by atoms with Gasteiger partial charge in [0.25, 0.3) is 0 Å². The summed E-state index contributed by atoms with van der Waals surface area (Å²) in [6, 6.07) is 16.8. The van der Waals surface area contributed by atoms with Crippen LogP contribution in [0.5, 0.6) is 5.75 Å². The summed E-state index contributed by atoms with van der Waals surface area (Å²) in [6.07, 6.45) is 6.43. The largest absolute Gasteiger partial charge is 0.493 e. The van der Waals surface area contributed by atoms with E-state index in [-0.39, 0.29) is 24.0 Å². The maximum Gasteiger partial charge on any atom is 0.191 e. The lowest BCUT2D eigenvalue weighted by Crippen LogP contribution is -2.36. The third-order valence-electron chi connectivity index (χ3n) is 5.54. The van der Waals surface area contributed by atoms with Crippen LogP contribution in [-0.4, -0.2) is 29.2 Å². The van der Waals surface area contributed by atoms with Crippen LogP contribution in [-0.2, 0) is 19.6 Å². The molecule has 7 heteroatoms. The van der Waals surface area contributed by atoms with E-state index in [1.54, 1.807) is 7.05 Å². The van der Waals surface area contributed by atoms with Gasteiger partial charge in [0.15, 0.2) is 5.96 Å². The van der Waals surface area contributed by atoms with Gasteiger partial charge in [-0.15, -0.1) is 24.0 Å². The summed E-state index contributed by atoms with van der Waals surface area (Å²) in [4.78, 5) is 8.67. The van der Waals surface area contributed by atoms with E-state index in [0.29, 0.717) is 13.1 Å². The molecular weight excluding hydrogens is 513 g/mol. The predicted octanol–water partition coefficient (Wildman–Crippen LogP) is 4.51. The van der Waals surface area contributed by atoms with Crippen LogP contribution in [0.3, 0.4) is 0 Å². The smallest absolute Gasteiger partial charge is 0.191 e. The number of rotatable bonds is 9. The van der Waals surface area contributed by atoms with Crippen LogP contribution in [0.15, 0.2) is 65.9 Å². The van der Waals surface area contributed by atoms with Gasteiger partial charge in [-0.3, -0.25) is 4.99 Å². The van der Waals surface area contributed by atoms with Gasteiger partial charge in [0, 0.05) is 44.6 Å². The molecule has 1 aromatic heterocycles. The fourth-order valence-electron chi connectivity index (χ4n) is 3.47. The van der Waals surface area contributed by atoms with E-state index in [1.165, 1.54) is 24.0 Å². The van der Waals surface area contributed by atoms with Gasteiger partial charge < -0.3 is 19.9 Å². The summed E-state index contributed by atoms with van der Waals surface area (Å²) in [7, 11) is 1.79. The summed E-state index contributed by atoms with van der Waals surface area (Å²) in [5.74, 6) is 3.49. The molecule has 0 spiro atoms. The topological polar surface area (TPSA) is 63.5 Å². The van der Waals surface area contributed by atoms with Gasteiger partial charge in [-0.2, -0.15) is 0 Å². The Morgan fingerprint density at radius 1 is 1.09 bits per heavy atom. The molecule has 1 heterocycles. The highest BCUT2D eigenvalue weighted by molar-refractivity contribution is 14.0. The van der Waals surface area contributed by atoms with Gasteiger partial charge in [0.1, 0.15) is 11.6 Å². The number of para-hydroxylation sites is 1. The molecule has 32 heavy (non-hydrogen) atoms. The SMILES string of the molecule is CN=C(NCc1cccc(Cn2ccnc2C)c1)NCc1ccccc1OCC1CC1.I. The number of benzene rings is 2. The van der Waals surface area contributed by atoms with Crippen molar-refractivity contribution >= 4 is 29.9 Å². The first-order valence-electron chi connectivity index (χ1n) is 10.9. The number of aliphatic imine (C=N–C) groups is 1. The second kappa shape index (κ2) is 11.9. The summed E-state index contributed by atoms with van der Waals surface area (Å²) >= 11 is 0. The van der Waals surface area contributed by atoms with Crippen molar-refractivity contribution in [2.24, 2.45) is 10.9 Å². The lowest BCUT2D eigenvalue weighted by atomic mass is 10.1. The molecule has 0 aliphatic heterocycles. The first-order valence-corrected chi connectivity index (χ1v) is 10.9. The zero-order chi connectivity index (χ0) is 21.5. The average molecular weight is 545 g/mol. The molecule has 6 nitrogen and oxygen atoms in total. The van der Waals surface area contributed by atoms with Crippen LogP contribution < -0.4 is 15.4 Å². The normalized spacial score (nSPS) is 13.4. The maximum atomic E-state index is 6.01. The van der Waals surface area contributed by atoms with Crippen LogP contribution >= 0.6 is 24.0 Å². The summed E-state index contributed by atoms with van der Waals surface area (Å²) < 4.78 is 8.16. The van der Waals surface area contributed by atoms with E-state index in [4.69, 9.17) is 4.74 Å². The highest BCUT2D eigenvalue weighted by Gasteiger charge is 2.22. The first-order chi connectivity index (χ1) is 15.2. The van der Waals surface area contributed by atoms with Crippen molar-refractivity contribution in [2.75, 3.05) is 13.7 Å². The van der Waals surface area contributed by atoms with Crippen molar-refractivity contribution in [3.8, 4) is 5.75 Å². The Hall–Kier alpha value is -2.55. The van der Waals surface area contributed by atoms with Gasteiger partial charge >= 0.3 is 0 Å². The summed E-state index contributed by atoms with van der Waals surface area (Å²) in [6.45, 7) is 5.04. The van der Waals surface area contributed by atoms with Crippen molar-refractivity contribution in [2.45, 2.75) is 39.4 Å². The number of nitrogens with zero attached hydrogens (tertiary/aromatic N) is 3. The van der Waals surface area contributed by atoms with E-state index in [9.17, 15) is 0 Å². The second-order valence-electron chi connectivity index (χ2n) is 8.06. The molecule has 0 radical (unpaired) electrons. The van der Waals surface area contributed by atoms with Crippen LogP contribution in [0.1, 0.15) is 35.4 Å². The molecule has 2 aromatic carbocycles. The zero-order valence-electron chi connectivity index (χ0n) is 18.8. The standard InChI is InChI=1S/C25H31N5O.HI/c1-19-27-12-13-30(19)17-22-7-5-6-21(14-22)15-28-25(26-2)29-16-23-8-3-4-9-24(23)31-18-20-10-11-20;/h3-9,12-14,20H,10-11,15-18H2,1-2H3,(H2,26,28,29);1H. The number of hydrogen-bond acceptors (Lipinski definition) is 3. The van der Waals surface area contributed by atoms with Crippen LogP contribution in [0.4, 0.5) is 0 Å². The Morgan fingerprint density at radius 3 is 2.62 bits per heavy atom. The molecule has 1 fully saturated rings. The van der Waals surface area contributed by atoms with Crippen molar-refractivity contribution < 1.29 is 4.74 Å². The molecule has 2 N–H and O–H groups in total. The third kappa shape index (κ3) is 6.98. The number of nitrogens with one attached hydrogen (secondary N) is 2. The minimum Gasteiger partial charge on any atom is -0.493 e.